The van der Waals surface area contributed by atoms with Gasteiger partial charge in [-0.15, -0.1) is 0 Å². The van der Waals surface area contributed by atoms with E-state index >= 15 is 0 Å². The molecular formula is C23H13F7N4O. The van der Waals surface area contributed by atoms with Crippen molar-refractivity contribution in [2.75, 3.05) is 0 Å². The van der Waals surface area contributed by atoms with Crippen LogP contribution in [-0.4, -0.2) is 20.9 Å². The van der Waals surface area contributed by atoms with Crippen LogP contribution >= 0.6 is 0 Å². The van der Waals surface area contributed by atoms with Crippen molar-refractivity contribution in [3.63, 3.8) is 0 Å². The highest BCUT2D eigenvalue weighted by Crippen LogP contribution is 2.37. The van der Waals surface area contributed by atoms with Crippen molar-refractivity contribution in [1.29, 1.82) is 0 Å². The van der Waals surface area contributed by atoms with E-state index in [1.54, 1.807) is 0 Å². The lowest BCUT2D eigenvalue weighted by Gasteiger charge is -2.23. The summed E-state index contributed by atoms with van der Waals surface area (Å²) in [6.07, 6.45) is -6.10. The summed E-state index contributed by atoms with van der Waals surface area (Å²) >= 11 is 0. The van der Waals surface area contributed by atoms with Gasteiger partial charge in [-0.3, -0.25) is 19.7 Å². The monoisotopic (exact) mass is 494 g/mol. The van der Waals surface area contributed by atoms with Crippen molar-refractivity contribution >= 4 is 16.9 Å². The van der Waals surface area contributed by atoms with Gasteiger partial charge in [-0.25, -0.2) is 4.39 Å². The molecule has 35 heavy (non-hydrogen) atoms. The number of amides is 1. The van der Waals surface area contributed by atoms with Crippen molar-refractivity contribution in [3.05, 3.63) is 101 Å². The Labute approximate surface area is 192 Å². The maximum absolute atomic E-state index is 14.3. The van der Waals surface area contributed by atoms with Gasteiger partial charge in [0.1, 0.15) is 5.82 Å². The lowest BCUT2D eigenvalue weighted by Crippen LogP contribution is -2.32. The molecule has 0 spiro atoms. The Bertz CT molecular complexity index is 1400. The summed E-state index contributed by atoms with van der Waals surface area (Å²) in [5.74, 6) is -2.60. The maximum atomic E-state index is 14.3. The van der Waals surface area contributed by atoms with Crippen molar-refractivity contribution in [1.82, 2.24) is 20.3 Å². The van der Waals surface area contributed by atoms with E-state index in [4.69, 9.17) is 0 Å². The molecule has 0 aliphatic carbocycles. The Hall–Kier alpha value is -4.09. The first-order valence-electron chi connectivity index (χ1n) is 9.85. The molecule has 0 aliphatic rings. The second-order valence-electron chi connectivity index (χ2n) is 7.34. The number of benzene rings is 2. The number of aromatic nitrogens is 3. The van der Waals surface area contributed by atoms with Gasteiger partial charge in [0, 0.05) is 24.2 Å². The van der Waals surface area contributed by atoms with Crippen LogP contribution in [0.15, 0.2) is 67.1 Å². The number of fused-ring (bicyclic) bond motifs is 1. The van der Waals surface area contributed by atoms with Crippen LogP contribution in [0.2, 0.25) is 0 Å². The minimum atomic E-state index is -5.02. The van der Waals surface area contributed by atoms with Crippen molar-refractivity contribution in [2.45, 2.75) is 18.4 Å². The number of alkyl halides is 6. The standard InChI is InChI=1S/C23H13F7N4O/c24-16-10-12(3-5-14(16)22(25,26)27)19(20-15(23(28,29)30)2-1-7-33-20)34-21(35)13-4-6-17-18(11-13)32-9-8-31-17/h1-11,19H,(H,34,35). The number of carbonyl (C=O) groups is 1. The molecule has 5 nitrogen and oxygen atoms in total. The van der Waals surface area contributed by atoms with Crippen molar-refractivity contribution in [2.24, 2.45) is 0 Å². The lowest BCUT2D eigenvalue weighted by molar-refractivity contribution is -0.140. The van der Waals surface area contributed by atoms with E-state index in [1.165, 1.54) is 30.6 Å². The predicted octanol–water partition coefficient (Wildman–Crippen LogP) is 5.72. The third-order valence-corrected chi connectivity index (χ3v) is 5.06. The minimum Gasteiger partial charge on any atom is -0.340 e. The number of rotatable bonds is 4. The number of pyridine rings is 1. The van der Waals surface area contributed by atoms with E-state index < -0.39 is 46.9 Å². The van der Waals surface area contributed by atoms with Gasteiger partial charge in [-0.2, -0.15) is 26.3 Å². The molecule has 0 saturated heterocycles. The molecule has 180 valence electrons. The Kier molecular flexibility index (Phi) is 6.14. The molecule has 0 fully saturated rings. The van der Waals surface area contributed by atoms with Crippen LogP contribution in [0.25, 0.3) is 11.0 Å². The summed E-state index contributed by atoms with van der Waals surface area (Å²) in [6.45, 7) is 0. The highest BCUT2D eigenvalue weighted by atomic mass is 19.4. The number of halogens is 7. The van der Waals surface area contributed by atoms with Crippen molar-refractivity contribution < 1.29 is 35.5 Å². The van der Waals surface area contributed by atoms with Gasteiger partial charge in [0.25, 0.3) is 5.91 Å². The molecule has 4 aromatic rings. The van der Waals surface area contributed by atoms with Crippen LogP contribution in [0.1, 0.15) is 38.8 Å². The molecule has 0 radical (unpaired) electrons. The van der Waals surface area contributed by atoms with Crippen LogP contribution in [0.5, 0.6) is 0 Å². The van der Waals surface area contributed by atoms with E-state index in [0.29, 0.717) is 29.2 Å². The van der Waals surface area contributed by atoms with E-state index in [-0.39, 0.29) is 11.1 Å². The molecule has 2 aromatic heterocycles. The molecule has 1 unspecified atom stereocenters. The van der Waals surface area contributed by atoms with E-state index in [1.807, 2.05) is 0 Å². The Morgan fingerprint density at radius 3 is 2.11 bits per heavy atom. The highest BCUT2D eigenvalue weighted by Gasteiger charge is 2.38. The van der Waals surface area contributed by atoms with Crippen LogP contribution in [0, 0.1) is 5.82 Å². The molecule has 1 atom stereocenters. The summed E-state index contributed by atoms with van der Waals surface area (Å²) in [5, 5.41) is 2.33. The third-order valence-electron chi connectivity index (χ3n) is 5.06. The SMILES string of the molecule is O=C(NC(c1ccc(C(F)(F)F)c(F)c1)c1ncccc1C(F)(F)F)c1ccc2nccnc2c1. The first-order chi connectivity index (χ1) is 16.4. The quantitative estimate of drug-likeness (QED) is 0.369. The van der Waals surface area contributed by atoms with Crippen LogP contribution < -0.4 is 5.32 Å². The molecule has 12 heteroatoms. The van der Waals surface area contributed by atoms with Gasteiger partial charge in [0.05, 0.1) is 33.9 Å². The topological polar surface area (TPSA) is 67.8 Å². The summed E-state index contributed by atoms with van der Waals surface area (Å²) in [6, 6.07) is 5.75. The molecule has 2 heterocycles. The van der Waals surface area contributed by atoms with Gasteiger partial charge in [0.15, 0.2) is 0 Å². The van der Waals surface area contributed by atoms with Gasteiger partial charge < -0.3 is 5.32 Å². The second kappa shape index (κ2) is 8.93. The molecule has 1 amide bonds. The van der Waals surface area contributed by atoms with Gasteiger partial charge in [-0.05, 0) is 48.0 Å². The summed E-state index contributed by atoms with van der Waals surface area (Å²) < 4.78 is 94.3. The number of carbonyl (C=O) groups excluding carboxylic acids is 1. The molecular weight excluding hydrogens is 481 g/mol. The first kappa shape index (κ1) is 24.0. The zero-order valence-corrected chi connectivity index (χ0v) is 17.3. The second-order valence-corrected chi connectivity index (χ2v) is 7.34. The summed E-state index contributed by atoms with van der Waals surface area (Å²) in [4.78, 5) is 24.8. The Morgan fingerprint density at radius 1 is 0.771 bits per heavy atom. The summed E-state index contributed by atoms with van der Waals surface area (Å²) in [5.41, 5.74) is -3.16. The lowest BCUT2D eigenvalue weighted by atomic mass is 9.97. The third kappa shape index (κ3) is 5.05. The van der Waals surface area contributed by atoms with Crippen molar-refractivity contribution in [3.8, 4) is 0 Å². The van der Waals surface area contributed by atoms with E-state index in [9.17, 15) is 35.5 Å². The Morgan fingerprint density at radius 2 is 1.46 bits per heavy atom. The number of nitrogens with one attached hydrogen (secondary N) is 1. The normalized spacial score (nSPS) is 13.0. The molecule has 0 bridgehead atoms. The maximum Gasteiger partial charge on any atom is 0.419 e. The fourth-order valence-corrected chi connectivity index (χ4v) is 3.46. The summed E-state index contributed by atoms with van der Waals surface area (Å²) in [7, 11) is 0. The van der Waals surface area contributed by atoms with E-state index in [2.05, 4.69) is 20.3 Å². The number of hydrogen-bond donors (Lipinski definition) is 1. The molecule has 0 saturated carbocycles. The minimum absolute atomic E-state index is 0.0140. The largest absolute Gasteiger partial charge is 0.419 e. The van der Waals surface area contributed by atoms with Crippen LogP contribution in [0.4, 0.5) is 30.7 Å². The predicted molar refractivity (Wildman–Crippen MR) is 109 cm³/mol. The smallest absolute Gasteiger partial charge is 0.340 e. The van der Waals surface area contributed by atoms with Gasteiger partial charge in [-0.1, -0.05) is 6.07 Å². The highest BCUT2D eigenvalue weighted by molar-refractivity contribution is 5.97. The molecule has 2 aromatic carbocycles. The van der Waals surface area contributed by atoms with Crippen LogP contribution in [0.3, 0.4) is 0 Å². The fourth-order valence-electron chi connectivity index (χ4n) is 3.46. The zero-order chi connectivity index (χ0) is 25.4. The first-order valence-corrected chi connectivity index (χ1v) is 9.85. The Balaban J connectivity index is 1.81. The number of hydrogen-bond acceptors (Lipinski definition) is 4. The molecule has 4 rings (SSSR count). The average molecular weight is 494 g/mol. The molecule has 0 aliphatic heterocycles. The number of nitrogens with zero attached hydrogens (tertiary/aromatic N) is 3. The van der Waals surface area contributed by atoms with Gasteiger partial charge >= 0.3 is 12.4 Å². The fraction of sp³-hybridized carbons (Fsp3) is 0.130. The average Bonchev–Trinajstić information content (AvgIpc) is 2.80. The van der Waals surface area contributed by atoms with Crippen LogP contribution in [-0.2, 0) is 12.4 Å². The molecule has 1 N–H and O–H groups in total. The zero-order valence-electron chi connectivity index (χ0n) is 17.3. The van der Waals surface area contributed by atoms with Gasteiger partial charge in [0.2, 0.25) is 0 Å². The van der Waals surface area contributed by atoms with E-state index in [0.717, 1.165) is 18.3 Å².